The maximum atomic E-state index is 5.66. The van der Waals surface area contributed by atoms with Crippen molar-refractivity contribution in [2.24, 2.45) is 5.41 Å². The number of rotatable bonds is 1. The van der Waals surface area contributed by atoms with Crippen LogP contribution in [0.15, 0.2) is 189 Å². The van der Waals surface area contributed by atoms with E-state index in [0.717, 1.165) is 16.4 Å². The molecule has 6 nitrogen and oxygen atoms in total. The molecule has 0 N–H and O–H groups in total. The molecule has 3 aromatic carbocycles. The molecule has 0 aliphatic carbocycles. The van der Waals surface area contributed by atoms with E-state index in [2.05, 4.69) is 204 Å². The summed E-state index contributed by atoms with van der Waals surface area (Å²) < 4.78 is 10.0. The quantitative estimate of drug-likeness (QED) is 0.157. The predicted molar refractivity (Wildman–Crippen MR) is 235 cm³/mol. The fourth-order valence-corrected chi connectivity index (χ4v) is 18.6. The van der Waals surface area contributed by atoms with Gasteiger partial charge >= 0.3 is 27.9 Å². The lowest BCUT2D eigenvalue weighted by Gasteiger charge is -2.55. The lowest BCUT2D eigenvalue weighted by atomic mass is 9.38. The molecule has 7 aliphatic heterocycles. The molecule has 262 valence electrons. The van der Waals surface area contributed by atoms with Crippen LogP contribution >= 0.6 is 23.5 Å². The van der Waals surface area contributed by atoms with E-state index in [9.17, 15) is 0 Å². The zero-order chi connectivity index (χ0) is 36.9. The van der Waals surface area contributed by atoms with E-state index in [0.29, 0.717) is 0 Å². The van der Waals surface area contributed by atoms with Gasteiger partial charge in [0.05, 0.1) is 0 Å². The number of fused-ring (bicyclic) bond motifs is 16. The smallest absolute Gasteiger partial charge is 0.385 e. The minimum atomic E-state index is -2.75. The first-order chi connectivity index (χ1) is 26.9. The van der Waals surface area contributed by atoms with Crippen molar-refractivity contribution in [1.82, 2.24) is 28.9 Å². The van der Waals surface area contributed by atoms with Gasteiger partial charge in [-0.2, -0.15) is 0 Å². The number of aromatic nitrogens is 2. The molecule has 1 aromatic heterocycles. The molecule has 8 heterocycles. The number of benzene rings is 3. The number of hydrogen-bond acceptors (Lipinski definition) is 8. The van der Waals surface area contributed by atoms with Crippen LogP contribution in [0.25, 0.3) is 5.57 Å². The second-order valence-corrected chi connectivity index (χ2v) is 21.6. The largest absolute Gasteiger partial charge is 0.423 e. The van der Waals surface area contributed by atoms with Crippen LogP contribution in [0.4, 0.5) is 0 Å². The van der Waals surface area contributed by atoms with Crippen LogP contribution in [0.3, 0.4) is 0 Å². The fourth-order valence-electron chi connectivity index (χ4n) is 9.64. The third-order valence-electron chi connectivity index (χ3n) is 11.8. The monoisotopic (exact) mass is 760 g/mol. The standard InChI is InChI=1S/C42H36B4N6S2Si/c1-42(2,3)39-31(22-29-52-45-25-11-14-27-50(45)43-23-10-13-26-49(43)44-24-12-15-28-51(44)46(39)52)40-47-30-38-41(48-40)54-34-18-6-9-21-37(34)55(38)35-19-7-4-16-32(35)53-33-17-5-8-20-36(33)55/h4-30H,1-3H3. The van der Waals surface area contributed by atoms with Crippen molar-refractivity contribution in [1.29, 1.82) is 0 Å². The Morgan fingerprint density at radius 2 is 1.05 bits per heavy atom. The first-order valence-corrected chi connectivity index (χ1v) is 22.7. The minimum absolute atomic E-state index is 0.000676. The van der Waals surface area contributed by atoms with Gasteiger partial charge in [0.1, 0.15) is 5.03 Å². The van der Waals surface area contributed by atoms with Gasteiger partial charge in [-0.1, -0.05) is 135 Å². The van der Waals surface area contributed by atoms with Crippen LogP contribution in [0, 0.1) is 5.41 Å². The van der Waals surface area contributed by atoms with Gasteiger partial charge in [-0.05, 0) is 93.8 Å². The molecule has 13 heteroatoms. The zero-order valence-electron chi connectivity index (χ0n) is 30.9. The van der Waals surface area contributed by atoms with Gasteiger partial charge in [-0.3, -0.25) is 0 Å². The molecule has 0 unspecified atom stereocenters. The highest BCUT2D eigenvalue weighted by Gasteiger charge is 2.55. The molecule has 4 aromatic rings. The second-order valence-electron chi connectivity index (χ2n) is 15.8. The maximum absolute atomic E-state index is 5.66. The van der Waals surface area contributed by atoms with E-state index in [-0.39, 0.29) is 33.3 Å². The van der Waals surface area contributed by atoms with Crippen molar-refractivity contribution in [2.75, 3.05) is 0 Å². The first-order valence-electron chi connectivity index (χ1n) is 19.0. The van der Waals surface area contributed by atoms with Crippen molar-refractivity contribution in [2.45, 2.75) is 40.5 Å². The Bertz CT molecular complexity index is 2450. The summed E-state index contributed by atoms with van der Waals surface area (Å²) in [5.41, 5.74) is 2.18. The van der Waals surface area contributed by atoms with Crippen molar-refractivity contribution < 1.29 is 0 Å². The van der Waals surface area contributed by atoms with Crippen LogP contribution < -0.4 is 20.7 Å². The Morgan fingerprint density at radius 1 is 0.564 bits per heavy atom. The van der Waals surface area contributed by atoms with Crippen LogP contribution in [-0.4, -0.2) is 64.9 Å². The number of hydrogen-bond donors (Lipinski definition) is 0. The molecule has 1 fully saturated rings. The van der Waals surface area contributed by atoms with Crippen LogP contribution in [0.1, 0.15) is 26.6 Å². The van der Waals surface area contributed by atoms with Gasteiger partial charge in [0.25, 0.3) is 0 Å². The molecule has 55 heavy (non-hydrogen) atoms. The summed E-state index contributed by atoms with van der Waals surface area (Å²) in [4.78, 5) is 15.1. The summed E-state index contributed by atoms with van der Waals surface area (Å²) in [6.45, 7) is 7.00. The van der Waals surface area contributed by atoms with Gasteiger partial charge in [0, 0.05) is 31.6 Å². The zero-order valence-corrected chi connectivity index (χ0v) is 33.5. The van der Waals surface area contributed by atoms with E-state index >= 15 is 0 Å². The Morgan fingerprint density at radius 3 is 1.62 bits per heavy atom. The van der Waals surface area contributed by atoms with E-state index in [1.807, 2.05) is 11.8 Å². The molecule has 1 spiro atoms. The third-order valence-corrected chi connectivity index (χ3v) is 19.7. The summed E-state index contributed by atoms with van der Waals surface area (Å²) in [5, 5.41) is 6.63. The van der Waals surface area contributed by atoms with E-state index in [4.69, 9.17) is 9.97 Å². The van der Waals surface area contributed by atoms with Crippen LogP contribution in [0.2, 0.25) is 0 Å². The van der Waals surface area contributed by atoms with Gasteiger partial charge in [0.2, 0.25) is 0 Å². The van der Waals surface area contributed by atoms with Gasteiger partial charge in [0.15, 0.2) is 13.9 Å². The van der Waals surface area contributed by atoms with Crippen molar-refractivity contribution in [3.8, 4) is 0 Å². The van der Waals surface area contributed by atoms with E-state index < -0.39 is 8.07 Å². The molecule has 0 radical (unpaired) electrons. The normalized spacial score (nSPS) is 19.4. The molecule has 1 saturated heterocycles. The number of nitrogens with zero attached hydrogens (tertiary/aromatic N) is 6. The predicted octanol–water partition coefficient (Wildman–Crippen LogP) is 5.69. The fraction of sp³-hybridized carbons (Fsp3) is 0.0952. The summed E-state index contributed by atoms with van der Waals surface area (Å²) in [7, 11) is -2.75. The van der Waals surface area contributed by atoms with Gasteiger partial charge < -0.3 is 18.9 Å². The van der Waals surface area contributed by atoms with E-state index in [1.54, 1.807) is 11.8 Å². The summed E-state index contributed by atoms with van der Waals surface area (Å²) in [6.07, 6.45) is 26.6. The van der Waals surface area contributed by atoms with Crippen molar-refractivity contribution in [3.63, 3.8) is 0 Å². The van der Waals surface area contributed by atoms with Gasteiger partial charge in [-0.25, -0.2) is 9.97 Å². The SMILES string of the molecule is CC(C)(C)C1=C(c2ncc3c(n2)Sc2ccccc2[Si]32c3ccccc3Sc3ccccc32)C=CN2B3C=CC=CN3B3C=CC=CN3B3C=CC=CN3B12. The molecule has 7 aliphatic rings. The molecular weight excluding hydrogens is 724 g/mol. The topological polar surface area (TPSA) is 38.7 Å². The third kappa shape index (κ3) is 4.88. The molecule has 0 atom stereocenters. The second kappa shape index (κ2) is 12.5. The Kier molecular flexibility index (Phi) is 7.60. The highest BCUT2D eigenvalue weighted by molar-refractivity contribution is 8.01. The first kappa shape index (κ1) is 33.4. The molecule has 11 rings (SSSR count). The summed E-state index contributed by atoms with van der Waals surface area (Å²) in [5.74, 6) is 7.73. The van der Waals surface area contributed by atoms with E-state index in [1.165, 1.54) is 40.9 Å². The minimum Gasteiger partial charge on any atom is -0.423 e. The summed E-state index contributed by atoms with van der Waals surface area (Å²) >= 11 is 3.70. The molecule has 0 amide bonds. The van der Waals surface area contributed by atoms with Gasteiger partial charge in [-0.15, -0.1) is 0 Å². The maximum Gasteiger partial charge on any atom is 0.385 e. The molecule has 0 bridgehead atoms. The molecular formula is C42H36B4N6S2Si. The Labute approximate surface area is 334 Å². The lowest BCUT2D eigenvalue weighted by molar-refractivity contribution is 0.508. The average Bonchev–Trinajstić information content (AvgIpc) is 3.22. The lowest BCUT2D eigenvalue weighted by Crippen LogP contribution is -2.78. The van der Waals surface area contributed by atoms with Crippen LogP contribution in [-0.2, 0) is 0 Å². The Hall–Kier alpha value is -4.96. The van der Waals surface area contributed by atoms with Crippen molar-refractivity contribution >= 4 is 85.8 Å². The van der Waals surface area contributed by atoms with Crippen molar-refractivity contribution in [3.05, 3.63) is 176 Å². The highest BCUT2D eigenvalue weighted by Crippen LogP contribution is 2.43. The number of allylic oxidation sites excluding steroid dienone is 9. The Balaban J connectivity index is 1.13. The average molecular weight is 760 g/mol. The van der Waals surface area contributed by atoms with Crippen LogP contribution in [0.5, 0.6) is 0 Å². The molecule has 0 saturated carbocycles. The summed E-state index contributed by atoms with van der Waals surface area (Å²) in [6, 6.07) is 27.2. The highest BCUT2D eigenvalue weighted by atomic mass is 32.2.